The molecular formula is C13H14N2O2. The first-order chi connectivity index (χ1) is 8.09. The van der Waals surface area contributed by atoms with Crippen molar-refractivity contribution in [3.05, 3.63) is 47.0 Å². The monoisotopic (exact) mass is 230 g/mol. The van der Waals surface area contributed by atoms with E-state index in [9.17, 15) is 9.59 Å². The first-order valence-corrected chi connectivity index (χ1v) is 5.43. The molecule has 0 aliphatic carbocycles. The molecule has 2 N–H and O–H groups in total. The fourth-order valence-corrected chi connectivity index (χ4v) is 1.85. The molecule has 0 bridgehead atoms. The summed E-state index contributed by atoms with van der Waals surface area (Å²) in [5.74, 6) is -0.335. The third-order valence-corrected chi connectivity index (χ3v) is 3.00. The highest BCUT2D eigenvalue weighted by Crippen LogP contribution is 2.25. The SMILES string of the molecule is CC1=C(C)C(c2ccccc2)NC(=O)NC1=O. The summed E-state index contributed by atoms with van der Waals surface area (Å²) in [6, 6.07) is 8.88. The highest BCUT2D eigenvalue weighted by Gasteiger charge is 2.25. The average Bonchev–Trinajstić information content (AvgIpc) is 2.43. The molecule has 0 aromatic heterocycles. The Morgan fingerprint density at radius 2 is 1.71 bits per heavy atom. The lowest BCUT2D eigenvalue weighted by Gasteiger charge is -2.18. The van der Waals surface area contributed by atoms with E-state index >= 15 is 0 Å². The first-order valence-electron chi connectivity index (χ1n) is 5.43. The second kappa shape index (κ2) is 4.41. The second-order valence-corrected chi connectivity index (χ2v) is 4.08. The predicted molar refractivity (Wildman–Crippen MR) is 64.2 cm³/mol. The van der Waals surface area contributed by atoms with Gasteiger partial charge in [0, 0.05) is 5.57 Å². The van der Waals surface area contributed by atoms with Crippen LogP contribution in [0, 0.1) is 0 Å². The van der Waals surface area contributed by atoms with Crippen molar-refractivity contribution in [3.8, 4) is 0 Å². The Bertz CT molecular complexity index is 491. The van der Waals surface area contributed by atoms with Gasteiger partial charge in [-0.25, -0.2) is 4.79 Å². The van der Waals surface area contributed by atoms with Crippen LogP contribution in [0.1, 0.15) is 25.5 Å². The van der Waals surface area contributed by atoms with Crippen molar-refractivity contribution in [2.24, 2.45) is 0 Å². The normalized spacial score (nSPS) is 20.7. The lowest BCUT2D eigenvalue weighted by atomic mass is 9.96. The first kappa shape index (κ1) is 11.4. The molecule has 0 fully saturated rings. The molecule has 4 nitrogen and oxygen atoms in total. The molecule has 1 atom stereocenters. The van der Waals surface area contributed by atoms with Gasteiger partial charge >= 0.3 is 6.03 Å². The largest absolute Gasteiger partial charge is 0.327 e. The third-order valence-electron chi connectivity index (χ3n) is 3.00. The van der Waals surface area contributed by atoms with E-state index in [0.29, 0.717) is 5.57 Å². The van der Waals surface area contributed by atoms with Crippen molar-refractivity contribution in [2.75, 3.05) is 0 Å². The molecule has 1 aromatic carbocycles. The van der Waals surface area contributed by atoms with Crippen LogP contribution in [-0.4, -0.2) is 11.9 Å². The van der Waals surface area contributed by atoms with Gasteiger partial charge < -0.3 is 5.32 Å². The Kier molecular flexibility index (Phi) is 2.95. The molecule has 3 amide bonds. The quantitative estimate of drug-likeness (QED) is 0.774. The number of nitrogens with one attached hydrogen (secondary N) is 2. The molecular weight excluding hydrogens is 216 g/mol. The number of carbonyl (C=O) groups is 2. The summed E-state index contributed by atoms with van der Waals surface area (Å²) in [4.78, 5) is 23.1. The van der Waals surface area contributed by atoms with Gasteiger partial charge in [0.25, 0.3) is 5.91 Å². The van der Waals surface area contributed by atoms with Gasteiger partial charge in [-0.05, 0) is 25.0 Å². The highest BCUT2D eigenvalue weighted by atomic mass is 16.2. The molecule has 1 unspecified atom stereocenters. The van der Waals surface area contributed by atoms with Gasteiger partial charge in [0.1, 0.15) is 0 Å². The van der Waals surface area contributed by atoms with Crippen LogP contribution in [-0.2, 0) is 4.79 Å². The summed E-state index contributed by atoms with van der Waals surface area (Å²) in [6.07, 6.45) is 0. The molecule has 17 heavy (non-hydrogen) atoms. The molecule has 0 radical (unpaired) electrons. The lowest BCUT2D eigenvalue weighted by Crippen LogP contribution is -2.38. The Hall–Kier alpha value is -2.10. The van der Waals surface area contributed by atoms with E-state index in [0.717, 1.165) is 11.1 Å². The maximum Gasteiger partial charge on any atom is 0.322 e. The summed E-state index contributed by atoms with van der Waals surface area (Å²) in [5.41, 5.74) is 2.41. The molecule has 2 rings (SSSR count). The standard InChI is InChI=1S/C13H14N2O2/c1-8-9(2)12(16)15-13(17)14-11(8)10-6-4-3-5-7-10/h3-7,11H,1-2H3,(H2,14,15,16,17). The van der Waals surface area contributed by atoms with Crippen LogP contribution in [0.5, 0.6) is 0 Å². The van der Waals surface area contributed by atoms with Crippen molar-refractivity contribution >= 4 is 11.9 Å². The van der Waals surface area contributed by atoms with E-state index < -0.39 is 6.03 Å². The number of rotatable bonds is 1. The zero-order valence-corrected chi connectivity index (χ0v) is 9.78. The van der Waals surface area contributed by atoms with Gasteiger partial charge in [0.05, 0.1) is 6.04 Å². The smallest absolute Gasteiger partial charge is 0.322 e. The minimum atomic E-state index is -0.458. The summed E-state index contributed by atoms with van der Waals surface area (Å²) in [5, 5.41) is 5.05. The summed E-state index contributed by atoms with van der Waals surface area (Å²) >= 11 is 0. The van der Waals surface area contributed by atoms with E-state index in [1.54, 1.807) is 6.92 Å². The number of amides is 3. The summed E-state index contributed by atoms with van der Waals surface area (Å²) in [6.45, 7) is 3.58. The van der Waals surface area contributed by atoms with Crippen LogP contribution >= 0.6 is 0 Å². The van der Waals surface area contributed by atoms with Gasteiger partial charge in [-0.3, -0.25) is 10.1 Å². The number of urea groups is 1. The molecule has 4 heteroatoms. The second-order valence-electron chi connectivity index (χ2n) is 4.08. The van der Waals surface area contributed by atoms with Crippen LogP contribution < -0.4 is 10.6 Å². The van der Waals surface area contributed by atoms with Crippen LogP contribution in [0.25, 0.3) is 0 Å². The third kappa shape index (κ3) is 2.20. The molecule has 0 saturated carbocycles. The number of benzene rings is 1. The van der Waals surface area contributed by atoms with Crippen molar-refractivity contribution in [1.82, 2.24) is 10.6 Å². The van der Waals surface area contributed by atoms with Gasteiger partial charge in [0.2, 0.25) is 0 Å². The van der Waals surface area contributed by atoms with E-state index in [4.69, 9.17) is 0 Å². The lowest BCUT2D eigenvalue weighted by molar-refractivity contribution is -0.116. The van der Waals surface area contributed by atoms with Crippen molar-refractivity contribution in [1.29, 1.82) is 0 Å². The predicted octanol–water partition coefficient (Wildman–Crippen LogP) is 1.90. The van der Waals surface area contributed by atoms with Crippen LogP contribution in [0.2, 0.25) is 0 Å². The maximum atomic E-state index is 11.6. The molecule has 1 aliphatic heterocycles. The van der Waals surface area contributed by atoms with Gasteiger partial charge in [-0.1, -0.05) is 30.3 Å². The van der Waals surface area contributed by atoms with Crippen LogP contribution in [0.3, 0.4) is 0 Å². The Labute approximate surface area is 99.7 Å². The molecule has 88 valence electrons. The van der Waals surface area contributed by atoms with E-state index in [1.807, 2.05) is 37.3 Å². The van der Waals surface area contributed by atoms with Gasteiger partial charge in [0.15, 0.2) is 0 Å². The number of hydrogen-bond acceptors (Lipinski definition) is 2. The van der Waals surface area contributed by atoms with Gasteiger partial charge in [-0.15, -0.1) is 0 Å². The Balaban J connectivity index is 2.45. The highest BCUT2D eigenvalue weighted by molar-refractivity contribution is 6.05. The molecule has 1 heterocycles. The van der Waals surface area contributed by atoms with Gasteiger partial charge in [-0.2, -0.15) is 0 Å². The average molecular weight is 230 g/mol. The maximum absolute atomic E-state index is 11.6. The van der Waals surface area contributed by atoms with Crippen LogP contribution in [0.4, 0.5) is 4.79 Å². The van der Waals surface area contributed by atoms with E-state index in [2.05, 4.69) is 10.6 Å². The Morgan fingerprint density at radius 3 is 2.35 bits per heavy atom. The van der Waals surface area contributed by atoms with Crippen molar-refractivity contribution in [3.63, 3.8) is 0 Å². The molecule has 0 saturated heterocycles. The van der Waals surface area contributed by atoms with Crippen molar-refractivity contribution < 1.29 is 9.59 Å². The van der Waals surface area contributed by atoms with E-state index in [-0.39, 0.29) is 11.9 Å². The molecule has 0 spiro atoms. The molecule has 1 aliphatic rings. The van der Waals surface area contributed by atoms with E-state index in [1.165, 1.54) is 0 Å². The topological polar surface area (TPSA) is 58.2 Å². The zero-order valence-electron chi connectivity index (χ0n) is 9.78. The number of imide groups is 1. The summed E-state index contributed by atoms with van der Waals surface area (Å²) in [7, 11) is 0. The fourth-order valence-electron chi connectivity index (χ4n) is 1.85. The molecule has 1 aromatic rings. The summed E-state index contributed by atoms with van der Waals surface area (Å²) < 4.78 is 0. The number of carbonyl (C=O) groups excluding carboxylic acids is 2. The van der Waals surface area contributed by atoms with Crippen LogP contribution in [0.15, 0.2) is 41.5 Å². The van der Waals surface area contributed by atoms with Crippen molar-refractivity contribution in [2.45, 2.75) is 19.9 Å². The number of hydrogen-bond donors (Lipinski definition) is 2. The Morgan fingerprint density at radius 1 is 1.06 bits per heavy atom. The minimum absolute atomic E-state index is 0.248. The zero-order chi connectivity index (χ0) is 12.4. The fraction of sp³-hybridized carbons (Fsp3) is 0.231. The minimum Gasteiger partial charge on any atom is -0.327 e.